The van der Waals surface area contributed by atoms with E-state index in [9.17, 15) is 4.79 Å². The van der Waals surface area contributed by atoms with E-state index >= 15 is 0 Å². The van der Waals surface area contributed by atoms with E-state index in [1.165, 1.54) is 165 Å². The molecule has 1 aliphatic heterocycles. The summed E-state index contributed by atoms with van der Waals surface area (Å²) in [6, 6.07) is 26.1. The van der Waals surface area contributed by atoms with Crippen molar-refractivity contribution in [3.63, 3.8) is 0 Å². The molecule has 0 unspecified atom stereocenters. The molecule has 0 radical (unpaired) electrons. The third-order valence-electron chi connectivity index (χ3n) is 12.2. The molecule has 0 saturated heterocycles. The normalized spacial score (nSPS) is 13.2. The minimum absolute atomic E-state index is 0.241. The maximum absolute atomic E-state index is 13.6. The Hall–Kier alpha value is -3.27. The van der Waals surface area contributed by atoms with Gasteiger partial charge in [-0.2, -0.15) is 0 Å². The van der Waals surface area contributed by atoms with Crippen molar-refractivity contribution in [3.8, 4) is 0 Å². The van der Waals surface area contributed by atoms with Crippen LogP contribution in [0, 0.1) is 0 Å². The second kappa shape index (κ2) is 26.6. The second-order valence-corrected chi connectivity index (χ2v) is 16.8. The van der Waals surface area contributed by atoms with E-state index in [1.54, 1.807) is 0 Å². The molecule has 0 fully saturated rings. The monoisotopic (exact) mass is 765 g/mol. The molecule has 4 rings (SSSR count). The Morgan fingerprint density at radius 2 is 0.732 bits per heavy atom. The fourth-order valence-electron chi connectivity index (χ4n) is 8.70. The number of rotatable bonds is 32. The molecule has 56 heavy (non-hydrogen) atoms. The molecule has 0 atom stereocenters. The van der Waals surface area contributed by atoms with Crippen molar-refractivity contribution in [2.75, 3.05) is 36.0 Å². The Labute approximate surface area is 344 Å². The quantitative estimate of drug-likeness (QED) is 0.0468. The van der Waals surface area contributed by atoms with E-state index in [4.69, 9.17) is 4.74 Å². The molecule has 1 aliphatic rings. The first-order valence-electron chi connectivity index (χ1n) is 23.6. The standard InChI is InChI=1S/C52H80N2O2/c1-5-9-13-17-21-27-41-53(42-28-22-18-14-10-6-2)47-37-33-45(34-38-47)52(50-32-26-25-31-49(50)51(55)56-52)46-35-39-48(40-36-46)54(43-29-23-19-15-11-7-3)44-30-24-20-16-12-8-4/h25-26,31-40H,5-24,27-30,41-44H2,1-4H3. The molecule has 3 aromatic rings. The fourth-order valence-corrected chi connectivity index (χ4v) is 8.70. The lowest BCUT2D eigenvalue weighted by Crippen LogP contribution is -2.30. The van der Waals surface area contributed by atoms with Crippen LogP contribution in [0.3, 0.4) is 0 Å². The van der Waals surface area contributed by atoms with Crippen molar-refractivity contribution in [1.29, 1.82) is 0 Å². The number of esters is 1. The van der Waals surface area contributed by atoms with Gasteiger partial charge in [-0.3, -0.25) is 0 Å². The lowest BCUT2D eigenvalue weighted by molar-refractivity contribution is 0.0251. The van der Waals surface area contributed by atoms with Crippen LogP contribution in [0.2, 0.25) is 0 Å². The molecular weight excluding hydrogens is 685 g/mol. The minimum atomic E-state index is -0.975. The van der Waals surface area contributed by atoms with Gasteiger partial charge in [0.2, 0.25) is 0 Å². The van der Waals surface area contributed by atoms with Crippen LogP contribution in [0.5, 0.6) is 0 Å². The number of nitrogens with zero attached hydrogens (tertiary/aromatic N) is 2. The van der Waals surface area contributed by atoms with Crippen LogP contribution in [0.25, 0.3) is 0 Å². The summed E-state index contributed by atoms with van der Waals surface area (Å²) in [6.07, 6.45) is 31.4. The molecule has 0 N–H and O–H groups in total. The topological polar surface area (TPSA) is 32.8 Å². The summed E-state index contributed by atoms with van der Waals surface area (Å²) in [5.41, 5.74) is 5.22. The fraction of sp³-hybridized carbons (Fsp3) is 0.635. The highest BCUT2D eigenvalue weighted by Crippen LogP contribution is 2.47. The number of ether oxygens (including phenoxy) is 1. The van der Waals surface area contributed by atoms with Gasteiger partial charge in [-0.15, -0.1) is 0 Å². The third-order valence-corrected chi connectivity index (χ3v) is 12.2. The Balaban J connectivity index is 1.57. The van der Waals surface area contributed by atoms with Crippen LogP contribution in [-0.4, -0.2) is 32.1 Å². The number of cyclic esters (lactones) is 1. The van der Waals surface area contributed by atoms with Gasteiger partial charge in [0.05, 0.1) is 5.56 Å². The molecule has 3 aromatic carbocycles. The second-order valence-electron chi connectivity index (χ2n) is 16.8. The van der Waals surface area contributed by atoms with Crippen molar-refractivity contribution in [3.05, 3.63) is 95.1 Å². The molecule has 0 bridgehead atoms. The highest BCUT2D eigenvalue weighted by Gasteiger charge is 2.48. The molecule has 0 saturated carbocycles. The van der Waals surface area contributed by atoms with Crippen molar-refractivity contribution >= 4 is 17.3 Å². The highest BCUT2D eigenvalue weighted by molar-refractivity contribution is 5.96. The highest BCUT2D eigenvalue weighted by atomic mass is 16.6. The number of benzene rings is 3. The van der Waals surface area contributed by atoms with E-state index in [1.807, 2.05) is 18.2 Å². The largest absolute Gasteiger partial charge is 0.441 e. The summed E-state index contributed by atoms with van der Waals surface area (Å²) >= 11 is 0. The number of anilines is 2. The summed E-state index contributed by atoms with van der Waals surface area (Å²) in [4.78, 5) is 18.8. The van der Waals surface area contributed by atoms with Gasteiger partial charge < -0.3 is 14.5 Å². The first-order chi connectivity index (χ1) is 27.6. The minimum Gasteiger partial charge on any atom is -0.441 e. The molecule has 4 heteroatoms. The molecule has 310 valence electrons. The average molecular weight is 765 g/mol. The molecule has 0 aromatic heterocycles. The molecule has 4 nitrogen and oxygen atoms in total. The van der Waals surface area contributed by atoms with Crippen LogP contribution in [0.15, 0.2) is 72.8 Å². The van der Waals surface area contributed by atoms with Gasteiger partial charge in [0.15, 0.2) is 5.60 Å². The first kappa shape index (κ1) is 45.4. The Morgan fingerprint density at radius 1 is 0.411 bits per heavy atom. The summed E-state index contributed by atoms with van der Waals surface area (Å²) in [5.74, 6) is -0.241. The maximum Gasteiger partial charge on any atom is 0.340 e. The Kier molecular flexibility index (Phi) is 21.6. The van der Waals surface area contributed by atoms with Gasteiger partial charge >= 0.3 is 5.97 Å². The van der Waals surface area contributed by atoms with E-state index in [0.717, 1.165) is 42.9 Å². The summed E-state index contributed by atoms with van der Waals surface area (Å²) < 4.78 is 6.57. The lowest BCUT2D eigenvalue weighted by atomic mass is 9.80. The number of carbonyl (C=O) groups is 1. The van der Waals surface area contributed by atoms with E-state index in [2.05, 4.69) is 92.1 Å². The van der Waals surface area contributed by atoms with Crippen molar-refractivity contribution in [2.45, 2.75) is 187 Å². The summed E-state index contributed by atoms with van der Waals surface area (Å²) in [6.45, 7) is 13.5. The van der Waals surface area contributed by atoms with E-state index in [-0.39, 0.29) is 5.97 Å². The number of fused-ring (bicyclic) bond motifs is 1. The predicted molar refractivity (Wildman–Crippen MR) is 243 cm³/mol. The number of hydrogen-bond donors (Lipinski definition) is 0. The van der Waals surface area contributed by atoms with Crippen molar-refractivity contribution in [2.24, 2.45) is 0 Å². The van der Waals surface area contributed by atoms with Gasteiger partial charge in [0.25, 0.3) is 0 Å². The van der Waals surface area contributed by atoms with E-state index in [0.29, 0.717) is 5.56 Å². The van der Waals surface area contributed by atoms with Gasteiger partial charge in [-0.1, -0.05) is 199 Å². The zero-order valence-electron chi connectivity index (χ0n) is 36.4. The predicted octanol–water partition coefficient (Wildman–Crippen LogP) is 15.2. The summed E-state index contributed by atoms with van der Waals surface area (Å²) in [7, 11) is 0. The van der Waals surface area contributed by atoms with Crippen LogP contribution < -0.4 is 9.80 Å². The van der Waals surface area contributed by atoms with E-state index < -0.39 is 5.60 Å². The van der Waals surface area contributed by atoms with Crippen molar-refractivity contribution < 1.29 is 9.53 Å². The maximum atomic E-state index is 13.6. The third kappa shape index (κ3) is 14.0. The summed E-state index contributed by atoms with van der Waals surface area (Å²) in [5, 5.41) is 0. The van der Waals surface area contributed by atoms with Crippen LogP contribution in [0.4, 0.5) is 11.4 Å². The smallest absolute Gasteiger partial charge is 0.340 e. The Bertz CT molecular complexity index is 1350. The molecule has 0 spiro atoms. The first-order valence-corrected chi connectivity index (χ1v) is 23.6. The van der Waals surface area contributed by atoms with Crippen LogP contribution in [-0.2, 0) is 10.3 Å². The number of unbranched alkanes of at least 4 members (excludes halogenated alkanes) is 20. The Morgan fingerprint density at radius 3 is 1.09 bits per heavy atom. The zero-order valence-corrected chi connectivity index (χ0v) is 36.4. The molecule has 0 aliphatic carbocycles. The van der Waals surface area contributed by atoms with Gasteiger partial charge in [-0.05, 0) is 56.0 Å². The zero-order chi connectivity index (χ0) is 39.7. The van der Waals surface area contributed by atoms with Gasteiger partial charge in [0, 0.05) is 54.2 Å². The molecule has 0 amide bonds. The SMILES string of the molecule is CCCCCCCCN(CCCCCCCC)c1ccc(C2(c3ccc(N(CCCCCCCC)CCCCCCCC)cc3)OC(=O)c3ccccc32)cc1. The van der Waals surface area contributed by atoms with Crippen LogP contribution >= 0.6 is 0 Å². The van der Waals surface area contributed by atoms with Crippen LogP contribution in [0.1, 0.15) is 209 Å². The molecule has 1 heterocycles. The number of hydrogen-bond acceptors (Lipinski definition) is 4. The molecular formula is C52H80N2O2. The lowest BCUT2D eigenvalue weighted by Gasteiger charge is -2.32. The van der Waals surface area contributed by atoms with Gasteiger partial charge in [-0.25, -0.2) is 4.79 Å². The average Bonchev–Trinajstić information content (AvgIpc) is 3.54. The van der Waals surface area contributed by atoms with Crippen molar-refractivity contribution in [1.82, 2.24) is 0 Å². The van der Waals surface area contributed by atoms with Gasteiger partial charge in [0.1, 0.15) is 0 Å². The number of carbonyl (C=O) groups excluding carboxylic acids is 1.